The van der Waals surface area contributed by atoms with Crippen LogP contribution in [0.4, 0.5) is 4.79 Å². The number of halogens is 1. The molecular weight excluding hydrogens is 152 g/mol. The minimum absolute atomic E-state index is 0.730. The first-order valence-electron chi connectivity index (χ1n) is 1.10. The van der Waals surface area contributed by atoms with Crippen molar-refractivity contribution >= 4 is 22.3 Å². The fourth-order valence-electron chi connectivity index (χ4n) is 0.0380. The maximum Gasteiger partial charge on any atom is 0.337 e. The Hall–Kier alpha value is -0.290. The number of urea groups is 1. The second kappa shape index (κ2) is 2.92. The Morgan fingerprint density at radius 2 is 2.50 bits per heavy atom. The summed E-state index contributed by atoms with van der Waals surface area (Å²) < 4.78 is 3.89. The lowest BCUT2D eigenvalue weighted by Gasteiger charge is -1.87. The Bertz CT molecular complexity index is 55.5. The van der Waals surface area contributed by atoms with Gasteiger partial charge in [-0.2, -0.15) is 3.93 Å². The van der Waals surface area contributed by atoms with Gasteiger partial charge in [0.1, 0.15) is 16.3 Å². The van der Waals surface area contributed by atoms with Crippen LogP contribution >= 0.6 is 16.3 Å². The normalized spacial score (nSPS) is 7.50. The summed E-state index contributed by atoms with van der Waals surface area (Å²) in [5, 5.41) is 0. The first kappa shape index (κ1) is 5.71. The average Bonchev–Trinajstić information content (AvgIpc) is 1.35. The van der Waals surface area contributed by atoms with Crippen LogP contribution in [0.25, 0.3) is 0 Å². The molecule has 0 radical (unpaired) electrons. The van der Waals surface area contributed by atoms with Crippen LogP contribution < -0.4 is 11.2 Å². The molecule has 0 atom stereocenters. The van der Waals surface area contributed by atoms with E-state index in [2.05, 4.69) is 25.9 Å². The van der Waals surface area contributed by atoms with Crippen molar-refractivity contribution in [1.29, 1.82) is 0 Å². The summed E-state index contributed by atoms with van der Waals surface area (Å²) >= 11 is 2.44. The van der Waals surface area contributed by atoms with Gasteiger partial charge in [0.25, 0.3) is 0 Å². The number of nitrogens with two attached hydrogens (primary N) is 1. The van der Waals surface area contributed by atoms with Gasteiger partial charge in [0.05, 0.1) is 0 Å². The number of nitrogens with one attached hydrogen (secondary N) is 1. The van der Waals surface area contributed by atoms with E-state index in [-0.39, 0.29) is 0 Å². The highest BCUT2D eigenvalue weighted by molar-refractivity contribution is 9.05. The van der Waals surface area contributed by atoms with E-state index < -0.39 is 6.03 Å². The van der Waals surface area contributed by atoms with Gasteiger partial charge >= 0.3 is 6.03 Å². The zero-order chi connectivity index (χ0) is 4.99. The predicted molar refractivity (Wildman–Crippen MR) is 22.7 cm³/mol. The minimum Gasteiger partial charge on any atom is -0.350 e. The van der Waals surface area contributed by atoms with Crippen molar-refractivity contribution in [3.05, 3.63) is 0 Å². The zero-order valence-corrected chi connectivity index (χ0v) is 4.36. The molecule has 0 rings (SSSR count). The molecule has 2 amide bonds. The predicted octanol–water partition coefficient (Wildman–Crippen LogP) is -0.104. The second-order valence-electron chi connectivity index (χ2n) is 0.543. The molecule has 0 saturated carbocycles. The number of carbonyl (C=O) groups is 1. The van der Waals surface area contributed by atoms with Crippen molar-refractivity contribution < 1.29 is 8.72 Å². The molecule has 0 fully saturated rings. The van der Waals surface area contributed by atoms with E-state index in [0.717, 1.165) is 0 Å². The van der Waals surface area contributed by atoms with Crippen molar-refractivity contribution in [2.45, 2.75) is 0 Å². The SMILES string of the molecule is NC(=O)NOBr. The van der Waals surface area contributed by atoms with E-state index in [4.69, 9.17) is 0 Å². The molecule has 0 aromatic carbocycles. The van der Waals surface area contributed by atoms with Gasteiger partial charge in [-0.3, -0.25) is 0 Å². The van der Waals surface area contributed by atoms with E-state index in [0.29, 0.717) is 0 Å². The van der Waals surface area contributed by atoms with Gasteiger partial charge in [-0.1, -0.05) is 0 Å². The molecule has 0 aliphatic carbocycles. The molecule has 0 bridgehead atoms. The lowest BCUT2D eigenvalue weighted by Crippen LogP contribution is -2.26. The highest BCUT2D eigenvalue weighted by atomic mass is 79.9. The third kappa shape index (κ3) is 3.71. The molecule has 0 unspecified atom stereocenters. The molecule has 6 heavy (non-hydrogen) atoms. The fourth-order valence-corrected chi connectivity index (χ4v) is 0.198. The van der Waals surface area contributed by atoms with E-state index in [1.165, 1.54) is 0 Å². The molecule has 3 N–H and O–H groups in total. The number of amides is 2. The minimum atomic E-state index is -0.730. The second-order valence-corrected chi connectivity index (χ2v) is 0.867. The summed E-state index contributed by atoms with van der Waals surface area (Å²) in [6.45, 7) is 0. The van der Waals surface area contributed by atoms with Gasteiger partial charge in [-0.05, 0) is 0 Å². The van der Waals surface area contributed by atoms with Gasteiger partial charge in [-0.25, -0.2) is 10.3 Å². The quantitative estimate of drug-likeness (QED) is 0.519. The van der Waals surface area contributed by atoms with E-state index in [1.807, 2.05) is 0 Å². The largest absolute Gasteiger partial charge is 0.350 e. The van der Waals surface area contributed by atoms with E-state index in [1.54, 1.807) is 5.48 Å². The smallest absolute Gasteiger partial charge is 0.337 e. The lowest BCUT2D eigenvalue weighted by molar-refractivity contribution is 0.209. The lowest BCUT2D eigenvalue weighted by atomic mass is 11.2. The van der Waals surface area contributed by atoms with Gasteiger partial charge in [0.15, 0.2) is 0 Å². The molecule has 0 spiro atoms. The summed E-state index contributed by atoms with van der Waals surface area (Å²) in [4.78, 5) is 9.56. The number of carbonyl (C=O) groups excluding carboxylic acids is 1. The number of hydrogen-bond acceptors (Lipinski definition) is 2. The van der Waals surface area contributed by atoms with E-state index in [9.17, 15) is 4.79 Å². The van der Waals surface area contributed by atoms with Crippen molar-refractivity contribution in [3.8, 4) is 0 Å². The summed E-state index contributed by atoms with van der Waals surface area (Å²) in [7, 11) is 0. The number of rotatable bonds is 1. The van der Waals surface area contributed by atoms with Crippen LogP contribution in [0.15, 0.2) is 0 Å². The Balaban J connectivity index is 2.83. The highest BCUT2D eigenvalue weighted by Gasteiger charge is 1.81. The molecule has 36 valence electrons. The molecule has 0 aliphatic rings. The van der Waals surface area contributed by atoms with Gasteiger partial charge in [0.2, 0.25) is 0 Å². The Morgan fingerprint density at radius 1 is 2.00 bits per heavy atom. The summed E-state index contributed by atoms with van der Waals surface area (Å²) in [6.07, 6.45) is 0. The van der Waals surface area contributed by atoms with Gasteiger partial charge in [0, 0.05) is 0 Å². The maximum atomic E-state index is 9.56. The molecule has 0 aliphatic heterocycles. The third-order valence-electron chi connectivity index (χ3n) is 0.139. The molecular formula is CH3BrN2O2. The van der Waals surface area contributed by atoms with Crippen molar-refractivity contribution in [2.24, 2.45) is 5.73 Å². The van der Waals surface area contributed by atoms with Crippen LogP contribution in [-0.4, -0.2) is 6.03 Å². The van der Waals surface area contributed by atoms with Crippen molar-refractivity contribution in [1.82, 2.24) is 5.48 Å². The molecule has 0 saturated heterocycles. The Morgan fingerprint density at radius 3 is 2.50 bits per heavy atom. The van der Waals surface area contributed by atoms with Crippen LogP contribution in [0.5, 0.6) is 0 Å². The molecule has 5 heteroatoms. The molecule has 0 aromatic rings. The summed E-state index contributed by atoms with van der Waals surface area (Å²) in [5.74, 6) is 0. The Kier molecular flexibility index (Phi) is 2.78. The van der Waals surface area contributed by atoms with Gasteiger partial charge < -0.3 is 5.73 Å². The van der Waals surface area contributed by atoms with Crippen LogP contribution in [0.3, 0.4) is 0 Å². The van der Waals surface area contributed by atoms with Crippen molar-refractivity contribution in [2.75, 3.05) is 0 Å². The van der Waals surface area contributed by atoms with Crippen LogP contribution in [-0.2, 0) is 3.93 Å². The molecule has 4 nitrogen and oxygen atoms in total. The first-order valence-corrected chi connectivity index (χ1v) is 1.75. The van der Waals surface area contributed by atoms with Gasteiger partial charge in [-0.15, -0.1) is 0 Å². The maximum absolute atomic E-state index is 9.56. The standard InChI is InChI=1S/CH3BrN2O2/c2-6-4-1(3)5/h(H3,3,4,5). The molecule has 0 aromatic heterocycles. The third-order valence-corrected chi connectivity index (χ3v) is 0.301. The topological polar surface area (TPSA) is 64.4 Å². The average molecular weight is 155 g/mol. The highest BCUT2D eigenvalue weighted by Crippen LogP contribution is 1.71. The van der Waals surface area contributed by atoms with Crippen molar-refractivity contribution in [3.63, 3.8) is 0 Å². The van der Waals surface area contributed by atoms with Crippen LogP contribution in [0.1, 0.15) is 0 Å². The summed E-state index contributed by atoms with van der Waals surface area (Å²) in [5.41, 5.74) is 6.26. The fraction of sp³-hybridized carbons (Fsp3) is 0. The number of primary amides is 1. The Labute approximate surface area is 43.1 Å². The summed E-state index contributed by atoms with van der Waals surface area (Å²) in [6, 6.07) is -0.730. The zero-order valence-electron chi connectivity index (χ0n) is 2.77. The van der Waals surface area contributed by atoms with E-state index >= 15 is 0 Å². The first-order chi connectivity index (χ1) is 2.77. The van der Waals surface area contributed by atoms with Crippen LogP contribution in [0, 0.1) is 0 Å². The molecule has 0 heterocycles. The number of hydroxylamine groups is 1. The monoisotopic (exact) mass is 154 g/mol. The number of hydrogen-bond donors (Lipinski definition) is 2. The van der Waals surface area contributed by atoms with Crippen LogP contribution in [0.2, 0.25) is 0 Å².